The van der Waals surface area contributed by atoms with Crippen LogP contribution in [0, 0.1) is 32.1 Å². The number of hydrogen-bond acceptors (Lipinski definition) is 13. The minimum Gasteiger partial charge on any atom is -0.444 e. The van der Waals surface area contributed by atoms with Gasteiger partial charge in [0, 0.05) is 46.9 Å². The van der Waals surface area contributed by atoms with Crippen LogP contribution in [0.2, 0.25) is 0 Å². The summed E-state index contributed by atoms with van der Waals surface area (Å²) in [5.74, 6) is -2.84. The second-order valence-corrected chi connectivity index (χ2v) is 17.8. The summed E-state index contributed by atoms with van der Waals surface area (Å²) in [5, 5.41) is 22.8. The molecule has 2 amide bonds. The highest BCUT2D eigenvalue weighted by Crippen LogP contribution is 2.31. The van der Waals surface area contributed by atoms with E-state index in [0.717, 1.165) is 0 Å². The van der Waals surface area contributed by atoms with E-state index < -0.39 is 102 Å². The van der Waals surface area contributed by atoms with E-state index in [4.69, 9.17) is 9.47 Å². The molecular weight excluding hydrogens is 664 g/mol. The summed E-state index contributed by atoms with van der Waals surface area (Å²) in [6.45, 7) is 9.85. The Morgan fingerprint density at radius 2 is 1.06 bits per heavy atom. The molecule has 4 atom stereocenters. The first kappa shape index (κ1) is 40.4. The number of carbonyl (C=O) groups is 2. The van der Waals surface area contributed by atoms with Crippen LogP contribution >= 0.6 is 0 Å². The Kier molecular flexibility index (Phi) is 14.2. The molecular formula is C28H50N4O13S2. The maximum Gasteiger partial charge on any atom is 0.410 e. The summed E-state index contributed by atoms with van der Waals surface area (Å²) in [6.07, 6.45) is 0.663. The third kappa shape index (κ3) is 14.5. The maximum atomic E-state index is 12.7. The van der Waals surface area contributed by atoms with Gasteiger partial charge in [0.05, 0.1) is 11.5 Å². The molecule has 0 unspecified atom stereocenters. The van der Waals surface area contributed by atoms with Crippen molar-refractivity contribution in [2.75, 3.05) is 37.7 Å². The number of carbonyl (C=O) groups excluding carboxylic acids is 2. The average Bonchev–Trinajstić information content (AvgIpc) is 3.54. The zero-order chi connectivity index (χ0) is 35.8. The third-order valence-electron chi connectivity index (χ3n) is 7.86. The van der Waals surface area contributed by atoms with Crippen LogP contribution in [0.25, 0.3) is 0 Å². The molecule has 0 aliphatic carbocycles. The number of hydrogen-bond donors (Lipinski definition) is 0. The summed E-state index contributed by atoms with van der Waals surface area (Å²) in [5.41, 5.74) is -1.55. The fourth-order valence-electron chi connectivity index (χ4n) is 6.12. The topological polar surface area (TPSA) is 223 Å². The molecule has 272 valence electrons. The van der Waals surface area contributed by atoms with Gasteiger partial charge in [-0.25, -0.2) is 9.59 Å². The first-order valence-electron chi connectivity index (χ1n) is 15.9. The molecule has 2 aliphatic rings. The summed E-state index contributed by atoms with van der Waals surface area (Å²) in [7, 11) is -9.21. The van der Waals surface area contributed by atoms with Crippen molar-refractivity contribution in [3.8, 4) is 0 Å². The second kappa shape index (κ2) is 16.5. The molecule has 19 heteroatoms. The molecule has 0 aromatic rings. The minimum atomic E-state index is -4.60. The van der Waals surface area contributed by atoms with E-state index in [0.29, 0.717) is 38.8 Å². The Labute approximate surface area is 277 Å². The zero-order valence-corrected chi connectivity index (χ0v) is 29.8. The summed E-state index contributed by atoms with van der Waals surface area (Å²) >= 11 is 0. The Hall–Kier alpha value is -2.80. The molecule has 0 aromatic carbocycles. The fraction of sp³-hybridized carbons (Fsp3) is 0.929. The molecule has 2 heterocycles. The predicted molar refractivity (Wildman–Crippen MR) is 170 cm³/mol. The molecule has 2 rings (SSSR count). The fourth-order valence-corrected chi connectivity index (χ4v) is 8.97. The van der Waals surface area contributed by atoms with Crippen molar-refractivity contribution in [3.05, 3.63) is 20.2 Å². The Morgan fingerprint density at radius 1 is 0.723 bits per heavy atom. The number of amides is 2. The predicted octanol–water partition coefficient (Wildman–Crippen LogP) is 3.81. The Morgan fingerprint density at radius 3 is 1.36 bits per heavy atom. The van der Waals surface area contributed by atoms with Crippen molar-refractivity contribution in [2.45, 2.75) is 116 Å². The van der Waals surface area contributed by atoms with Gasteiger partial charge in [0.2, 0.25) is 13.1 Å². The molecule has 0 aromatic heterocycles. The van der Waals surface area contributed by atoms with Crippen molar-refractivity contribution >= 4 is 32.4 Å². The molecule has 2 fully saturated rings. The number of ether oxygens (including phenoxy) is 2. The van der Waals surface area contributed by atoms with Crippen LogP contribution in [0.5, 0.6) is 0 Å². The van der Waals surface area contributed by atoms with Gasteiger partial charge in [-0.15, -0.1) is 3.63 Å². The summed E-state index contributed by atoms with van der Waals surface area (Å²) < 4.78 is 65.9. The maximum absolute atomic E-state index is 12.7. The van der Waals surface area contributed by atoms with Crippen molar-refractivity contribution in [2.24, 2.45) is 11.8 Å². The molecule has 2 aliphatic heterocycles. The van der Waals surface area contributed by atoms with Crippen LogP contribution in [0.4, 0.5) is 9.59 Å². The van der Waals surface area contributed by atoms with Gasteiger partial charge in [0.1, 0.15) is 11.2 Å². The van der Waals surface area contributed by atoms with Gasteiger partial charge in [-0.2, -0.15) is 16.8 Å². The third-order valence-corrected chi connectivity index (χ3v) is 11.1. The standard InChI is InChI=1S/C28H50N4O13S2/c1-27(2,3)43-25(33)29-15-7-13-23(29)21(19-31(35)36)11-9-17-46(39,40)45-47(41,42)18-10-12-22(20-32(37)38)24-14-8-16-30(24)26(34)44-28(4,5)6/h21-24H,7-20H2,1-6H3/t21-,22-,23+,24+/m1/s1. The van der Waals surface area contributed by atoms with Crippen molar-refractivity contribution < 1.29 is 49.4 Å². The molecule has 0 bridgehead atoms. The number of rotatable bonds is 16. The number of likely N-dealkylation sites (tertiary alicyclic amines) is 2. The highest BCUT2D eigenvalue weighted by Gasteiger charge is 2.40. The first-order chi connectivity index (χ1) is 21.5. The highest BCUT2D eigenvalue weighted by molar-refractivity contribution is 7.99. The highest BCUT2D eigenvalue weighted by atomic mass is 32.3. The quantitative estimate of drug-likeness (QED) is 0.164. The van der Waals surface area contributed by atoms with Gasteiger partial charge in [-0.1, -0.05) is 0 Å². The van der Waals surface area contributed by atoms with Crippen LogP contribution in [0.1, 0.15) is 92.9 Å². The van der Waals surface area contributed by atoms with Crippen LogP contribution in [0.3, 0.4) is 0 Å². The lowest BCUT2D eigenvalue weighted by Crippen LogP contribution is -2.44. The summed E-state index contributed by atoms with van der Waals surface area (Å²) in [6, 6.07) is -1.08. The SMILES string of the molecule is CC(C)(C)OC(=O)N1CCC[C@H]1[C@H](CCCS(=O)(=O)OS(=O)(=O)CCC[C@H](C[N+](=O)[O-])[C@@H]1CCCN1C(=O)OC(C)(C)C)C[N+](=O)[O-]. The van der Waals surface area contributed by atoms with E-state index in [1.165, 1.54) is 9.80 Å². The van der Waals surface area contributed by atoms with Crippen LogP contribution in [-0.4, -0.2) is 110 Å². The minimum absolute atomic E-state index is 0.0195. The molecule has 47 heavy (non-hydrogen) atoms. The van der Waals surface area contributed by atoms with Gasteiger partial charge in [-0.3, -0.25) is 20.2 Å². The Balaban J connectivity index is 1.98. The van der Waals surface area contributed by atoms with Gasteiger partial charge in [0.25, 0.3) is 20.2 Å². The molecule has 0 spiro atoms. The van der Waals surface area contributed by atoms with Gasteiger partial charge in [-0.05, 0) is 92.9 Å². The monoisotopic (exact) mass is 714 g/mol. The van der Waals surface area contributed by atoms with E-state index in [9.17, 15) is 46.7 Å². The normalized spacial score (nSPS) is 20.6. The van der Waals surface area contributed by atoms with Crippen molar-refractivity contribution in [1.82, 2.24) is 9.80 Å². The van der Waals surface area contributed by atoms with E-state index in [-0.39, 0.29) is 25.7 Å². The molecule has 0 radical (unpaired) electrons. The van der Waals surface area contributed by atoms with Crippen molar-refractivity contribution in [3.63, 3.8) is 0 Å². The number of nitrogens with zero attached hydrogens (tertiary/aromatic N) is 4. The molecule has 2 saturated heterocycles. The van der Waals surface area contributed by atoms with E-state index in [1.54, 1.807) is 41.5 Å². The largest absolute Gasteiger partial charge is 0.444 e. The smallest absolute Gasteiger partial charge is 0.410 e. The summed E-state index contributed by atoms with van der Waals surface area (Å²) in [4.78, 5) is 50.0. The lowest BCUT2D eigenvalue weighted by Gasteiger charge is -2.31. The second-order valence-electron chi connectivity index (χ2n) is 14.2. The zero-order valence-electron chi connectivity index (χ0n) is 28.1. The first-order valence-corrected chi connectivity index (χ1v) is 19.0. The molecule has 0 saturated carbocycles. The Bertz CT molecular complexity index is 1230. The molecule has 0 N–H and O–H groups in total. The van der Waals surface area contributed by atoms with Gasteiger partial charge < -0.3 is 19.3 Å². The lowest BCUT2D eigenvalue weighted by molar-refractivity contribution is -0.489. The lowest BCUT2D eigenvalue weighted by atomic mass is 9.93. The van der Waals surface area contributed by atoms with Crippen LogP contribution in [0.15, 0.2) is 0 Å². The number of nitro groups is 2. The van der Waals surface area contributed by atoms with E-state index >= 15 is 0 Å². The van der Waals surface area contributed by atoms with E-state index in [1.807, 2.05) is 0 Å². The van der Waals surface area contributed by atoms with Crippen LogP contribution < -0.4 is 0 Å². The van der Waals surface area contributed by atoms with E-state index in [2.05, 4.69) is 3.63 Å². The van der Waals surface area contributed by atoms with Gasteiger partial charge >= 0.3 is 12.2 Å². The van der Waals surface area contributed by atoms with Crippen molar-refractivity contribution in [1.29, 1.82) is 0 Å². The van der Waals surface area contributed by atoms with Gasteiger partial charge in [0.15, 0.2) is 0 Å². The average molecular weight is 715 g/mol. The van der Waals surface area contributed by atoms with Crippen LogP contribution in [-0.2, 0) is 33.3 Å². The molecule has 17 nitrogen and oxygen atoms in total.